The molecule has 1 heterocycles. The van der Waals surface area contributed by atoms with Crippen LogP contribution in [-0.2, 0) is 4.79 Å². The van der Waals surface area contributed by atoms with Crippen molar-refractivity contribution in [1.82, 2.24) is 10.3 Å². The molecule has 2 atom stereocenters. The molecule has 0 spiro atoms. The minimum absolute atomic E-state index is 0.0423. The lowest BCUT2D eigenvalue weighted by Crippen LogP contribution is -2.33. The first-order valence-corrected chi connectivity index (χ1v) is 7.23. The molecular formula is C16H18N2O3. The quantitative estimate of drug-likeness (QED) is 0.807. The normalized spacial score (nSPS) is 21.5. The number of rotatable bonds is 4. The van der Waals surface area contributed by atoms with Crippen LogP contribution < -0.4 is 5.32 Å². The van der Waals surface area contributed by atoms with Crippen LogP contribution in [0.15, 0.2) is 30.5 Å². The summed E-state index contributed by atoms with van der Waals surface area (Å²) in [6.07, 6.45) is 4.34. The van der Waals surface area contributed by atoms with Crippen molar-refractivity contribution in [3.63, 3.8) is 0 Å². The molecule has 1 aliphatic rings. The summed E-state index contributed by atoms with van der Waals surface area (Å²) in [5, 5.41) is 13.1. The number of hydrogen-bond donors (Lipinski definition) is 3. The third kappa shape index (κ3) is 2.77. The molecule has 3 rings (SSSR count). The highest BCUT2D eigenvalue weighted by atomic mass is 16.4. The van der Waals surface area contributed by atoms with Crippen molar-refractivity contribution in [1.29, 1.82) is 0 Å². The van der Waals surface area contributed by atoms with Gasteiger partial charge in [0, 0.05) is 23.8 Å². The molecule has 2 aromatic rings. The van der Waals surface area contributed by atoms with E-state index in [-0.39, 0.29) is 17.7 Å². The number of amides is 1. The molecule has 1 aromatic carbocycles. The summed E-state index contributed by atoms with van der Waals surface area (Å²) in [6, 6.07) is 7.45. The van der Waals surface area contributed by atoms with Crippen LogP contribution in [0.2, 0.25) is 0 Å². The molecule has 5 heteroatoms. The predicted octanol–water partition coefficient (Wildman–Crippen LogP) is 2.40. The molecule has 0 bridgehead atoms. The summed E-state index contributed by atoms with van der Waals surface area (Å²) in [5.41, 5.74) is 1.52. The number of fused-ring (bicyclic) bond motifs is 1. The predicted molar refractivity (Wildman–Crippen MR) is 79.1 cm³/mol. The average Bonchev–Trinajstić information content (AvgIpc) is 3.12. The number of carbonyl (C=O) groups is 2. The molecule has 1 fully saturated rings. The Morgan fingerprint density at radius 2 is 2.14 bits per heavy atom. The van der Waals surface area contributed by atoms with E-state index in [1.54, 1.807) is 6.07 Å². The highest BCUT2D eigenvalue weighted by Gasteiger charge is 2.32. The Bertz CT molecular complexity index is 677. The smallest absolute Gasteiger partial charge is 0.306 e. The molecule has 1 saturated carbocycles. The zero-order valence-electron chi connectivity index (χ0n) is 11.6. The van der Waals surface area contributed by atoms with Crippen molar-refractivity contribution in [2.75, 3.05) is 6.54 Å². The van der Waals surface area contributed by atoms with E-state index < -0.39 is 5.97 Å². The lowest BCUT2D eigenvalue weighted by molar-refractivity contribution is -0.142. The molecule has 0 aliphatic heterocycles. The summed E-state index contributed by atoms with van der Waals surface area (Å²) in [4.78, 5) is 26.4. The fourth-order valence-electron chi connectivity index (χ4n) is 3.12. The van der Waals surface area contributed by atoms with Crippen molar-refractivity contribution in [2.24, 2.45) is 11.8 Å². The van der Waals surface area contributed by atoms with Crippen molar-refractivity contribution >= 4 is 22.8 Å². The van der Waals surface area contributed by atoms with Gasteiger partial charge < -0.3 is 15.4 Å². The van der Waals surface area contributed by atoms with Crippen molar-refractivity contribution < 1.29 is 14.7 Å². The fourth-order valence-corrected chi connectivity index (χ4v) is 3.12. The third-order valence-corrected chi connectivity index (χ3v) is 4.32. The minimum atomic E-state index is -0.750. The molecular weight excluding hydrogens is 268 g/mol. The van der Waals surface area contributed by atoms with E-state index in [4.69, 9.17) is 5.11 Å². The molecule has 0 radical (unpaired) electrons. The Morgan fingerprint density at radius 3 is 2.95 bits per heavy atom. The Labute approximate surface area is 122 Å². The fraction of sp³-hybridized carbons (Fsp3) is 0.375. The second-order valence-corrected chi connectivity index (χ2v) is 5.63. The van der Waals surface area contributed by atoms with Crippen LogP contribution in [0.4, 0.5) is 0 Å². The zero-order chi connectivity index (χ0) is 14.8. The van der Waals surface area contributed by atoms with Crippen LogP contribution in [-0.4, -0.2) is 28.5 Å². The number of benzene rings is 1. The van der Waals surface area contributed by atoms with Gasteiger partial charge in [0.05, 0.1) is 5.92 Å². The first-order valence-electron chi connectivity index (χ1n) is 7.23. The summed E-state index contributed by atoms with van der Waals surface area (Å²) < 4.78 is 0. The summed E-state index contributed by atoms with van der Waals surface area (Å²) in [5.74, 6) is -1.18. The molecule has 2 unspecified atom stereocenters. The molecule has 110 valence electrons. The SMILES string of the molecule is O=C(NCC1CCCC1C(=O)O)c1ccc2cc[nH]c2c1. The number of nitrogens with one attached hydrogen (secondary N) is 2. The van der Waals surface area contributed by atoms with Crippen LogP contribution in [0.5, 0.6) is 0 Å². The average molecular weight is 286 g/mol. The number of aromatic amines is 1. The molecule has 5 nitrogen and oxygen atoms in total. The lowest BCUT2D eigenvalue weighted by Gasteiger charge is -2.16. The van der Waals surface area contributed by atoms with E-state index in [0.717, 1.165) is 23.7 Å². The first kappa shape index (κ1) is 13.7. The number of hydrogen-bond acceptors (Lipinski definition) is 2. The topological polar surface area (TPSA) is 82.2 Å². The van der Waals surface area contributed by atoms with E-state index in [1.165, 1.54) is 0 Å². The second-order valence-electron chi connectivity index (χ2n) is 5.63. The van der Waals surface area contributed by atoms with E-state index in [0.29, 0.717) is 18.5 Å². The van der Waals surface area contributed by atoms with Gasteiger partial charge in [0.25, 0.3) is 5.91 Å². The number of carboxylic acids is 1. The molecule has 3 N–H and O–H groups in total. The van der Waals surface area contributed by atoms with Gasteiger partial charge in [-0.25, -0.2) is 0 Å². The van der Waals surface area contributed by atoms with Crippen molar-refractivity contribution in [2.45, 2.75) is 19.3 Å². The first-order chi connectivity index (χ1) is 10.1. The molecule has 0 saturated heterocycles. The zero-order valence-corrected chi connectivity index (χ0v) is 11.6. The van der Waals surface area contributed by atoms with Crippen molar-refractivity contribution in [3.8, 4) is 0 Å². The van der Waals surface area contributed by atoms with Gasteiger partial charge in [-0.1, -0.05) is 12.5 Å². The van der Waals surface area contributed by atoms with E-state index >= 15 is 0 Å². The maximum Gasteiger partial charge on any atom is 0.306 e. The van der Waals surface area contributed by atoms with Gasteiger partial charge in [0.2, 0.25) is 0 Å². The van der Waals surface area contributed by atoms with Gasteiger partial charge >= 0.3 is 5.97 Å². The number of H-pyrrole nitrogens is 1. The largest absolute Gasteiger partial charge is 0.481 e. The van der Waals surface area contributed by atoms with Crippen LogP contribution in [0.25, 0.3) is 10.9 Å². The molecule has 21 heavy (non-hydrogen) atoms. The second kappa shape index (κ2) is 5.60. The standard InChI is InChI=1S/C16H18N2O3/c19-15(11-5-4-10-6-7-17-14(10)8-11)18-9-12-2-1-3-13(12)16(20)21/h4-8,12-13,17H,1-3,9H2,(H,18,19)(H,20,21). The number of carbonyl (C=O) groups excluding carboxylic acids is 1. The van der Waals surface area contributed by atoms with Crippen LogP contribution in [0.1, 0.15) is 29.6 Å². The maximum atomic E-state index is 12.2. The summed E-state index contributed by atoms with van der Waals surface area (Å²) in [7, 11) is 0. The molecule has 1 amide bonds. The molecule has 1 aromatic heterocycles. The van der Waals surface area contributed by atoms with Gasteiger partial charge in [-0.05, 0) is 42.3 Å². The number of carboxylic acid groups (broad SMARTS) is 1. The van der Waals surface area contributed by atoms with Crippen LogP contribution >= 0.6 is 0 Å². The van der Waals surface area contributed by atoms with Gasteiger partial charge in [-0.15, -0.1) is 0 Å². The van der Waals surface area contributed by atoms with E-state index in [2.05, 4.69) is 10.3 Å². The maximum absolute atomic E-state index is 12.2. The van der Waals surface area contributed by atoms with Crippen molar-refractivity contribution in [3.05, 3.63) is 36.0 Å². The van der Waals surface area contributed by atoms with Gasteiger partial charge in [-0.2, -0.15) is 0 Å². The monoisotopic (exact) mass is 286 g/mol. The Balaban J connectivity index is 1.64. The minimum Gasteiger partial charge on any atom is -0.481 e. The lowest BCUT2D eigenvalue weighted by atomic mass is 9.96. The van der Waals surface area contributed by atoms with Gasteiger partial charge in [-0.3, -0.25) is 9.59 Å². The Hall–Kier alpha value is -2.30. The third-order valence-electron chi connectivity index (χ3n) is 4.32. The Morgan fingerprint density at radius 1 is 1.29 bits per heavy atom. The van der Waals surface area contributed by atoms with Gasteiger partial charge in [0.15, 0.2) is 0 Å². The van der Waals surface area contributed by atoms with E-state index in [9.17, 15) is 9.59 Å². The molecule has 1 aliphatic carbocycles. The summed E-state index contributed by atoms with van der Waals surface area (Å²) in [6.45, 7) is 0.429. The van der Waals surface area contributed by atoms with E-state index in [1.807, 2.05) is 24.4 Å². The highest BCUT2D eigenvalue weighted by molar-refractivity contribution is 5.97. The number of aromatic nitrogens is 1. The number of aliphatic carboxylic acids is 1. The van der Waals surface area contributed by atoms with Crippen LogP contribution in [0.3, 0.4) is 0 Å². The van der Waals surface area contributed by atoms with Crippen LogP contribution in [0, 0.1) is 11.8 Å². The highest BCUT2D eigenvalue weighted by Crippen LogP contribution is 2.31. The Kier molecular flexibility index (Phi) is 3.64. The van der Waals surface area contributed by atoms with Gasteiger partial charge in [0.1, 0.15) is 0 Å². The summed E-state index contributed by atoms with van der Waals surface area (Å²) >= 11 is 0.